The zero-order chi connectivity index (χ0) is 35.8. The second kappa shape index (κ2) is 14.7. The monoisotopic (exact) mass is 722 g/mol. The molecule has 3 heterocycles. The van der Waals surface area contributed by atoms with Crippen LogP contribution in [0.1, 0.15) is 30.4 Å². The van der Waals surface area contributed by atoms with Gasteiger partial charge in [0, 0.05) is 84.3 Å². The van der Waals surface area contributed by atoms with E-state index in [9.17, 15) is 13.2 Å². The van der Waals surface area contributed by atoms with Crippen molar-refractivity contribution in [2.45, 2.75) is 56.8 Å². The highest BCUT2D eigenvalue weighted by molar-refractivity contribution is 6.31. The molecule has 2 unspecified atom stereocenters. The molecule has 7 rings (SSSR count). The predicted octanol–water partition coefficient (Wildman–Crippen LogP) is 6.66. The SMILES string of the molecule is C=C(NCCCn1cc(-c2ccc(OC(F)(F)F)cc2)c2cc(CN3CC4C(C3)C4NCc3c(Cl)cccc3OC)ccc21)C1(N)CCNCC1. The number of methoxy groups -OCH3 is 1. The van der Waals surface area contributed by atoms with E-state index in [-0.39, 0.29) is 5.75 Å². The zero-order valence-electron chi connectivity index (χ0n) is 28.9. The highest BCUT2D eigenvalue weighted by Crippen LogP contribution is 2.46. The summed E-state index contributed by atoms with van der Waals surface area (Å²) in [4.78, 5) is 2.51. The van der Waals surface area contributed by atoms with Gasteiger partial charge in [0.25, 0.3) is 0 Å². The first-order chi connectivity index (χ1) is 24.5. The van der Waals surface area contributed by atoms with Crippen molar-refractivity contribution in [2.75, 3.05) is 39.8 Å². The van der Waals surface area contributed by atoms with Gasteiger partial charge in [-0.1, -0.05) is 42.4 Å². The number of nitrogens with zero attached hydrogens (tertiary/aromatic N) is 2. The maximum Gasteiger partial charge on any atom is 0.573 e. The van der Waals surface area contributed by atoms with Crippen molar-refractivity contribution in [3.8, 4) is 22.6 Å². The van der Waals surface area contributed by atoms with E-state index in [4.69, 9.17) is 22.1 Å². The average Bonchev–Trinajstić information content (AvgIpc) is 3.38. The van der Waals surface area contributed by atoms with Crippen LogP contribution in [-0.2, 0) is 19.6 Å². The summed E-state index contributed by atoms with van der Waals surface area (Å²) in [6, 6.07) is 18.9. The molecule has 2 saturated heterocycles. The summed E-state index contributed by atoms with van der Waals surface area (Å²) in [6.45, 7) is 11.1. The number of benzene rings is 3. The molecule has 272 valence electrons. The van der Waals surface area contributed by atoms with E-state index in [0.29, 0.717) is 29.4 Å². The summed E-state index contributed by atoms with van der Waals surface area (Å²) in [5.41, 5.74) is 12.2. The van der Waals surface area contributed by atoms with Crippen LogP contribution in [0.25, 0.3) is 22.0 Å². The molecule has 51 heavy (non-hydrogen) atoms. The minimum Gasteiger partial charge on any atom is -0.496 e. The molecule has 0 radical (unpaired) electrons. The Labute approximate surface area is 302 Å². The first-order valence-corrected chi connectivity index (χ1v) is 18.1. The highest BCUT2D eigenvalue weighted by Gasteiger charge is 2.55. The van der Waals surface area contributed by atoms with Crippen molar-refractivity contribution < 1.29 is 22.6 Å². The number of nitrogens with one attached hydrogen (secondary N) is 3. The van der Waals surface area contributed by atoms with E-state index in [1.54, 1.807) is 19.2 Å². The van der Waals surface area contributed by atoms with Gasteiger partial charge >= 0.3 is 6.36 Å². The molecular formula is C39H46ClF3N6O2. The number of aryl methyl sites for hydroxylation is 1. The lowest BCUT2D eigenvalue weighted by Gasteiger charge is -2.36. The summed E-state index contributed by atoms with van der Waals surface area (Å²) in [6.07, 6.45) is -0.0657. The minimum absolute atomic E-state index is 0.236. The van der Waals surface area contributed by atoms with Gasteiger partial charge in [-0.2, -0.15) is 0 Å². The fourth-order valence-electron chi connectivity index (χ4n) is 7.96. The van der Waals surface area contributed by atoms with Gasteiger partial charge in [0.1, 0.15) is 11.5 Å². The molecule has 8 nitrogen and oxygen atoms in total. The number of alkyl halides is 3. The maximum atomic E-state index is 12.8. The number of hydrogen-bond acceptors (Lipinski definition) is 7. The molecule has 0 bridgehead atoms. The van der Waals surface area contributed by atoms with Crippen LogP contribution in [-0.4, -0.2) is 67.2 Å². The van der Waals surface area contributed by atoms with Crippen LogP contribution < -0.4 is 31.2 Å². The van der Waals surface area contributed by atoms with Crippen LogP contribution in [0.4, 0.5) is 13.2 Å². The molecule has 0 spiro atoms. The molecule has 3 aromatic carbocycles. The molecule has 1 aliphatic carbocycles. The van der Waals surface area contributed by atoms with Crippen molar-refractivity contribution in [3.63, 3.8) is 0 Å². The molecule has 1 aromatic heterocycles. The first kappa shape index (κ1) is 35.7. The van der Waals surface area contributed by atoms with E-state index in [2.05, 4.69) is 61.1 Å². The third-order valence-corrected chi connectivity index (χ3v) is 11.2. The summed E-state index contributed by atoms with van der Waals surface area (Å²) in [5.74, 6) is 1.77. The minimum atomic E-state index is -4.74. The van der Waals surface area contributed by atoms with E-state index in [1.165, 1.54) is 17.7 Å². The lowest BCUT2D eigenvalue weighted by atomic mass is 9.86. The molecular weight excluding hydrogens is 677 g/mol. The Morgan fingerprint density at radius 1 is 1.08 bits per heavy atom. The fourth-order valence-corrected chi connectivity index (χ4v) is 8.19. The normalized spacial score (nSPS) is 21.4. The van der Waals surface area contributed by atoms with Gasteiger partial charge in [0.2, 0.25) is 0 Å². The smallest absolute Gasteiger partial charge is 0.496 e. The number of ether oxygens (including phenoxy) is 2. The van der Waals surface area contributed by atoms with Gasteiger partial charge < -0.3 is 35.7 Å². The van der Waals surface area contributed by atoms with Gasteiger partial charge in [0.15, 0.2) is 0 Å². The molecule has 3 aliphatic rings. The summed E-state index contributed by atoms with van der Waals surface area (Å²) < 4.78 is 50.4. The van der Waals surface area contributed by atoms with Crippen LogP contribution in [0, 0.1) is 11.8 Å². The first-order valence-electron chi connectivity index (χ1n) is 17.7. The van der Waals surface area contributed by atoms with Crippen molar-refractivity contribution in [3.05, 3.63) is 95.3 Å². The standard InChI is InChI=1S/C39H46ClF3N6O2/c1-25(38(44)13-16-45-17-14-38)46-15-4-18-49-24-31(27-8-10-28(11-9-27)51-39(41,42)43)29-19-26(7-12-35(29)49)21-48-22-32-33(23-48)37(32)47-20-30-34(40)5-3-6-36(30)50-2/h3,5-12,19,24,32-33,37,45-47H,1,4,13-18,20-23,44H2,2H3. The van der Waals surface area contributed by atoms with Crippen LogP contribution in [0.5, 0.6) is 11.5 Å². The Morgan fingerprint density at radius 3 is 2.53 bits per heavy atom. The van der Waals surface area contributed by atoms with E-state index in [0.717, 1.165) is 104 Å². The lowest BCUT2D eigenvalue weighted by molar-refractivity contribution is -0.274. The summed E-state index contributed by atoms with van der Waals surface area (Å²) >= 11 is 6.46. The predicted molar refractivity (Wildman–Crippen MR) is 196 cm³/mol. The zero-order valence-corrected chi connectivity index (χ0v) is 29.6. The highest BCUT2D eigenvalue weighted by atomic mass is 35.5. The fraction of sp³-hybridized carbons (Fsp3) is 0.436. The Balaban J connectivity index is 1.02. The number of hydrogen-bond donors (Lipinski definition) is 4. The molecule has 2 aliphatic heterocycles. The Kier molecular flexibility index (Phi) is 10.3. The van der Waals surface area contributed by atoms with E-state index in [1.807, 2.05) is 18.2 Å². The van der Waals surface area contributed by atoms with Gasteiger partial charge in [0.05, 0.1) is 12.6 Å². The molecule has 12 heteroatoms. The Morgan fingerprint density at radius 2 is 1.82 bits per heavy atom. The number of fused-ring (bicyclic) bond motifs is 2. The van der Waals surface area contributed by atoms with Crippen molar-refractivity contribution in [2.24, 2.45) is 17.6 Å². The van der Waals surface area contributed by atoms with Gasteiger partial charge in [-0.3, -0.25) is 4.90 Å². The van der Waals surface area contributed by atoms with Crippen molar-refractivity contribution in [1.29, 1.82) is 0 Å². The second-order valence-electron chi connectivity index (χ2n) is 14.2. The molecule has 0 amide bonds. The molecule has 2 atom stereocenters. The average molecular weight is 723 g/mol. The van der Waals surface area contributed by atoms with E-state index < -0.39 is 11.9 Å². The largest absolute Gasteiger partial charge is 0.573 e. The molecule has 3 fully saturated rings. The topological polar surface area (TPSA) is 88.7 Å². The van der Waals surface area contributed by atoms with Gasteiger partial charge in [-0.05, 0) is 91.7 Å². The van der Waals surface area contributed by atoms with Crippen LogP contribution in [0.3, 0.4) is 0 Å². The third-order valence-electron chi connectivity index (χ3n) is 10.8. The van der Waals surface area contributed by atoms with Gasteiger partial charge in [-0.15, -0.1) is 13.2 Å². The molecule has 5 N–H and O–H groups in total. The summed E-state index contributed by atoms with van der Waals surface area (Å²) in [5, 5.41) is 12.3. The number of aromatic nitrogens is 1. The number of nitrogens with two attached hydrogens (primary N) is 1. The Bertz CT molecular complexity index is 1840. The Hall–Kier alpha value is -3.74. The van der Waals surface area contributed by atoms with Crippen LogP contribution in [0.15, 0.2) is 79.1 Å². The van der Waals surface area contributed by atoms with Crippen LogP contribution >= 0.6 is 11.6 Å². The van der Waals surface area contributed by atoms with Crippen molar-refractivity contribution >= 4 is 22.5 Å². The number of likely N-dealkylation sites (tertiary alicyclic amines) is 1. The lowest BCUT2D eigenvalue weighted by Crippen LogP contribution is -2.53. The van der Waals surface area contributed by atoms with Crippen molar-refractivity contribution in [1.82, 2.24) is 25.4 Å². The van der Waals surface area contributed by atoms with Gasteiger partial charge in [-0.25, -0.2) is 0 Å². The number of halogens is 4. The molecule has 1 saturated carbocycles. The van der Waals surface area contributed by atoms with Crippen LogP contribution in [0.2, 0.25) is 5.02 Å². The third kappa shape index (κ3) is 8.03. The second-order valence-corrected chi connectivity index (χ2v) is 14.6. The maximum absolute atomic E-state index is 12.8. The molecule has 4 aromatic rings. The number of piperidine rings is 2. The summed E-state index contributed by atoms with van der Waals surface area (Å²) in [7, 11) is 1.67. The number of rotatable bonds is 14. The van der Waals surface area contributed by atoms with E-state index >= 15 is 0 Å². The quantitative estimate of drug-likeness (QED) is 0.108.